The van der Waals surface area contributed by atoms with E-state index in [4.69, 9.17) is 23.2 Å². The second-order valence-electron chi connectivity index (χ2n) is 7.99. The Labute approximate surface area is 171 Å². The van der Waals surface area contributed by atoms with Gasteiger partial charge in [-0.1, -0.05) is 23.2 Å². The zero-order chi connectivity index (χ0) is 19.0. The Morgan fingerprint density at radius 1 is 1.11 bits per heavy atom. The van der Waals surface area contributed by atoms with Crippen molar-refractivity contribution >= 4 is 34.8 Å². The first-order valence-corrected chi connectivity index (χ1v) is 10.7. The SMILES string of the molecule is CC(C1CC1)N1CCN[C@@H](C(=O)N2CCN(c3ccc(Cl)c(Cl)c3)CC2)C1. The minimum atomic E-state index is -0.0727. The van der Waals surface area contributed by atoms with Crippen molar-refractivity contribution in [1.82, 2.24) is 15.1 Å². The van der Waals surface area contributed by atoms with E-state index in [1.54, 1.807) is 0 Å². The summed E-state index contributed by atoms with van der Waals surface area (Å²) < 4.78 is 0. The van der Waals surface area contributed by atoms with E-state index in [0.717, 1.165) is 57.4 Å². The van der Waals surface area contributed by atoms with Crippen LogP contribution in [-0.4, -0.2) is 73.6 Å². The van der Waals surface area contributed by atoms with Gasteiger partial charge in [-0.2, -0.15) is 0 Å². The Balaban J connectivity index is 1.32. The van der Waals surface area contributed by atoms with Gasteiger partial charge in [0.05, 0.1) is 16.1 Å². The highest BCUT2D eigenvalue weighted by Crippen LogP contribution is 2.35. The highest BCUT2D eigenvalue weighted by Gasteiger charge is 2.37. The van der Waals surface area contributed by atoms with Gasteiger partial charge in [0.25, 0.3) is 0 Å². The van der Waals surface area contributed by atoms with E-state index in [-0.39, 0.29) is 11.9 Å². The molecule has 0 bridgehead atoms. The number of hydrogen-bond donors (Lipinski definition) is 1. The third-order valence-electron chi connectivity index (χ3n) is 6.24. The van der Waals surface area contributed by atoms with Gasteiger partial charge in [-0.15, -0.1) is 0 Å². The van der Waals surface area contributed by atoms with Crippen molar-refractivity contribution in [2.24, 2.45) is 5.92 Å². The van der Waals surface area contributed by atoms with Crippen molar-refractivity contribution in [2.45, 2.75) is 31.8 Å². The molecule has 2 aliphatic heterocycles. The first-order chi connectivity index (χ1) is 13.0. The Morgan fingerprint density at radius 2 is 1.85 bits per heavy atom. The number of carbonyl (C=O) groups is 1. The van der Waals surface area contributed by atoms with Crippen LogP contribution in [0.3, 0.4) is 0 Å². The standard InChI is InChI=1S/C20H28Cl2N4O/c1-14(15-2-3-15)26-7-6-23-19(13-26)20(27)25-10-8-24(9-11-25)16-4-5-17(21)18(22)12-16/h4-5,12,14-15,19,23H,2-3,6-11,13H2,1H3/t14?,19-/m1/s1. The zero-order valence-corrected chi connectivity index (χ0v) is 17.3. The number of halogens is 2. The van der Waals surface area contributed by atoms with Gasteiger partial charge >= 0.3 is 0 Å². The third kappa shape index (κ3) is 4.37. The second-order valence-corrected chi connectivity index (χ2v) is 8.80. The molecular weight excluding hydrogens is 383 g/mol. The molecule has 148 valence electrons. The highest BCUT2D eigenvalue weighted by molar-refractivity contribution is 6.42. The van der Waals surface area contributed by atoms with Crippen LogP contribution in [0.15, 0.2) is 18.2 Å². The molecule has 1 unspecified atom stereocenters. The van der Waals surface area contributed by atoms with Crippen LogP contribution in [0.1, 0.15) is 19.8 Å². The topological polar surface area (TPSA) is 38.8 Å². The molecule has 1 N–H and O–H groups in total. The van der Waals surface area contributed by atoms with Gasteiger partial charge in [0.2, 0.25) is 5.91 Å². The van der Waals surface area contributed by atoms with E-state index >= 15 is 0 Å². The molecule has 2 saturated heterocycles. The molecule has 3 aliphatic rings. The lowest BCUT2D eigenvalue weighted by Crippen LogP contribution is -2.61. The van der Waals surface area contributed by atoms with Crippen LogP contribution in [0, 0.1) is 5.92 Å². The molecule has 2 atom stereocenters. The van der Waals surface area contributed by atoms with Crippen molar-refractivity contribution in [2.75, 3.05) is 50.7 Å². The summed E-state index contributed by atoms with van der Waals surface area (Å²) in [6, 6.07) is 6.26. The maximum atomic E-state index is 13.0. The van der Waals surface area contributed by atoms with Gasteiger partial charge in [-0.3, -0.25) is 9.69 Å². The van der Waals surface area contributed by atoms with Crippen molar-refractivity contribution < 1.29 is 4.79 Å². The number of rotatable bonds is 4. The molecule has 27 heavy (non-hydrogen) atoms. The molecule has 3 fully saturated rings. The minimum Gasteiger partial charge on any atom is -0.368 e. The smallest absolute Gasteiger partial charge is 0.241 e. The summed E-state index contributed by atoms with van der Waals surface area (Å²) in [7, 11) is 0. The molecule has 1 aromatic carbocycles. The number of carbonyl (C=O) groups excluding carboxylic acids is 1. The van der Waals surface area contributed by atoms with E-state index in [2.05, 4.69) is 22.0 Å². The van der Waals surface area contributed by atoms with E-state index in [0.29, 0.717) is 16.1 Å². The lowest BCUT2D eigenvalue weighted by molar-refractivity contribution is -0.135. The van der Waals surface area contributed by atoms with E-state index in [1.807, 2.05) is 23.1 Å². The number of amides is 1. The third-order valence-corrected chi connectivity index (χ3v) is 6.98. The molecule has 0 radical (unpaired) electrons. The summed E-state index contributed by atoms with van der Waals surface area (Å²) in [5, 5.41) is 4.58. The first-order valence-electron chi connectivity index (χ1n) is 9.99. The van der Waals surface area contributed by atoms with Crippen molar-refractivity contribution in [3.63, 3.8) is 0 Å². The molecule has 1 saturated carbocycles. The number of nitrogens with zero attached hydrogens (tertiary/aromatic N) is 3. The monoisotopic (exact) mass is 410 g/mol. The van der Waals surface area contributed by atoms with E-state index < -0.39 is 0 Å². The van der Waals surface area contributed by atoms with Crippen LogP contribution >= 0.6 is 23.2 Å². The van der Waals surface area contributed by atoms with Gasteiger partial charge in [-0.05, 0) is 43.9 Å². The van der Waals surface area contributed by atoms with E-state index in [9.17, 15) is 4.79 Å². The second kappa shape index (κ2) is 8.16. The summed E-state index contributed by atoms with van der Waals surface area (Å²) >= 11 is 12.2. The Bertz CT molecular complexity index is 689. The van der Waals surface area contributed by atoms with Crippen LogP contribution in [0.4, 0.5) is 5.69 Å². The van der Waals surface area contributed by atoms with Crippen LogP contribution in [0.5, 0.6) is 0 Å². The number of benzene rings is 1. The molecule has 7 heteroatoms. The first kappa shape index (κ1) is 19.3. The summed E-state index contributed by atoms with van der Waals surface area (Å²) in [6.07, 6.45) is 2.70. The highest BCUT2D eigenvalue weighted by atomic mass is 35.5. The van der Waals surface area contributed by atoms with Crippen LogP contribution in [-0.2, 0) is 4.79 Å². The fraction of sp³-hybridized carbons (Fsp3) is 0.650. The average Bonchev–Trinajstić information content (AvgIpc) is 3.54. The Morgan fingerprint density at radius 3 is 2.52 bits per heavy atom. The normalized spacial score (nSPS) is 25.5. The van der Waals surface area contributed by atoms with Crippen molar-refractivity contribution in [3.8, 4) is 0 Å². The van der Waals surface area contributed by atoms with Gasteiger partial charge in [-0.25, -0.2) is 0 Å². The molecule has 4 rings (SSSR count). The minimum absolute atomic E-state index is 0.0727. The lowest BCUT2D eigenvalue weighted by Gasteiger charge is -2.41. The fourth-order valence-electron chi connectivity index (χ4n) is 4.27. The van der Waals surface area contributed by atoms with Gasteiger partial charge in [0, 0.05) is 57.5 Å². The molecule has 1 amide bonds. The zero-order valence-electron chi connectivity index (χ0n) is 15.8. The van der Waals surface area contributed by atoms with Gasteiger partial charge in [0.15, 0.2) is 0 Å². The van der Waals surface area contributed by atoms with Crippen LogP contribution in [0.2, 0.25) is 10.0 Å². The quantitative estimate of drug-likeness (QED) is 0.827. The number of anilines is 1. The number of nitrogens with one attached hydrogen (secondary N) is 1. The maximum absolute atomic E-state index is 13.0. The molecule has 2 heterocycles. The van der Waals surface area contributed by atoms with Gasteiger partial charge < -0.3 is 15.1 Å². The molecular formula is C20H28Cl2N4O. The average molecular weight is 411 g/mol. The Kier molecular flexibility index (Phi) is 5.83. The van der Waals surface area contributed by atoms with E-state index in [1.165, 1.54) is 12.8 Å². The maximum Gasteiger partial charge on any atom is 0.241 e. The summed E-state index contributed by atoms with van der Waals surface area (Å²) in [5.74, 6) is 1.09. The number of piperazine rings is 2. The van der Waals surface area contributed by atoms with Crippen LogP contribution in [0.25, 0.3) is 0 Å². The predicted octanol–water partition coefficient (Wildman–Crippen LogP) is 2.71. The predicted molar refractivity (Wildman–Crippen MR) is 111 cm³/mol. The molecule has 0 aromatic heterocycles. The van der Waals surface area contributed by atoms with Crippen molar-refractivity contribution in [3.05, 3.63) is 28.2 Å². The van der Waals surface area contributed by atoms with Gasteiger partial charge in [0.1, 0.15) is 0 Å². The summed E-state index contributed by atoms with van der Waals surface area (Å²) in [4.78, 5) is 19.8. The van der Waals surface area contributed by atoms with Crippen LogP contribution < -0.4 is 10.2 Å². The van der Waals surface area contributed by atoms with Crippen molar-refractivity contribution in [1.29, 1.82) is 0 Å². The molecule has 5 nitrogen and oxygen atoms in total. The summed E-state index contributed by atoms with van der Waals surface area (Å²) in [5.41, 5.74) is 1.07. The summed E-state index contributed by atoms with van der Waals surface area (Å²) in [6.45, 7) is 8.23. The molecule has 1 aliphatic carbocycles. The molecule has 0 spiro atoms. The Hall–Kier alpha value is -1.01. The number of hydrogen-bond acceptors (Lipinski definition) is 4. The molecule has 1 aromatic rings. The fourth-order valence-corrected chi connectivity index (χ4v) is 4.56. The lowest BCUT2D eigenvalue weighted by atomic mass is 10.1. The largest absolute Gasteiger partial charge is 0.368 e.